The van der Waals surface area contributed by atoms with E-state index in [1.807, 2.05) is 0 Å². The van der Waals surface area contributed by atoms with E-state index in [0.717, 1.165) is 31.9 Å². The maximum absolute atomic E-state index is 12.7. The summed E-state index contributed by atoms with van der Waals surface area (Å²) in [4.78, 5) is 24.2. The number of nitrogens with zero attached hydrogens (tertiary/aromatic N) is 3. The van der Waals surface area contributed by atoms with Gasteiger partial charge < -0.3 is 14.8 Å². The van der Waals surface area contributed by atoms with Crippen LogP contribution < -0.4 is 5.32 Å². The predicted molar refractivity (Wildman–Crippen MR) is 124 cm³/mol. The van der Waals surface area contributed by atoms with Crippen molar-refractivity contribution in [3.63, 3.8) is 0 Å². The molecule has 2 N–H and O–H groups in total. The first-order chi connectivity index (χ1) is 16.3. The molecule has 0 spiro atoms. The highest BCUT2D eigenvalue weighted by molar-refractivity contribution is 6.04. The SMILES string of the molecule is CC(C)C1CCC(c2nc3cc(C(C)(C)O)c(NC(=O)c4cnc(C(F)(F)F)cn4)cc3o2)CC1. The number of fused-ring (bicyclic) bond motifs is 1. The van der Waals surface area contributed by atoms with E-state index < -0.39 is 23.4 Å². The highest BCUT2D eigenvalue weighted by atomic mass is 19.4. The second-order valence-corrected chi connectivity index (χ2v) is 10.1. The zero-order valence-electron chi connectivity index (χ0n) is 20.1. The van der Waals surface area contributed by atoms with E-state index >= 15 is 0 Å². The van der Waals surface area contributed by atoms with Gasteiger partial charge in [0.1, 0.15) is 11.2 Å². The van der Waals surface area contributed by atoms with Crippen LogP contribution in [0, 0.1) is 11.8 Å². The number of aliphatic hydroxyl groups is 1. The molecule has 1 aliphatic carbocycles. The lowest BCUT2D eigenvalue weighted by Crippen LogP contribution is -2.22. The molecule has 0 unspecified atom stereocenters. The first-order valence-electron chi connectivity index (χ1n) is 11.7. The van der Waals surface area contributed by atoms with Gasteiger partial charge in [0.15, 0.2) is 17.2 Å². The van der Waals surface area contributed by atoms with Crippen LogP contribution in [0.3, 0.4) is 0 Å². The molecule has 1 saturated carbocycles. The van der Waals surface area contributed by atoms with Gasteiger partial charge in [0.05, 0.1) is 23.7 Å². The van der Waals surface area contributed by atoms with Gasteiger partial charge in [-0.25, -0.2) is 15.0 Å². The minimum absolute atomic E-state index is 0.212. The van der Waals surface area contributed by atoms with Gasteiger partial charge in [0.2, 0.25) is 0 Å². The van der Waals surface area contributed by atoms with Crippen molar-refractivity contribution in [3.8, 4) is 0 Å². The van der Waals surface area contributed by atoms with Gasteiger partial charge in [0.25, 0.3) is 5.91 Å². The molecule has 3 aromatic rings. The third kappa shape index (κ3) is 5.47. The van der Waals surface area contributed by atoms with Crippen molar-refractivity contribution >= 4 is 22.7 Å². The number of benzene rings is 1. The fourth-order valence-electron chi connectivity index (χ4n) is 4.59. The lowest BCUT2D eigenvalue weighted by molar-refractivity contribution is -0.141. The number of oxazole rings is 1. The number of alkyl halides is 3. The Morgan fingerprint density at radius 1 is 1.11 bits per heavy atom. The number of nitrogens with one attached hydrogen (secondary N) is 1. The first-order valence-corrected chi connectivity index (χ1v) is 11.7. The molecule has 0 saturated heterocycles. The molecule has 35 heavy (non-hydrogen) atoms. The van der Waals surface area contributed by atoms with E-state index in [1.54, 1.807) is 26.0 Å². The molecule has 1 aliphatic rings. The zero-order valence-corrected chi connectivity index (χ0v) is 20.1. The molecule has 0 bridgehead atoms. The van der Waals surface area contributed by atoms with E-state index in [4.69, 9.17) is 4.42 Å². The molecule has 1 fully saturated rings. The molecule has 0 radical (unpaired) electrons. The number of hydrogen-bond acceptors (Lipinski definition) is 6. The van der Waals surface area contributed by atoms with Gasteiger partial charge in [-0.1, -0.05) is 13.8 Å². The van der Waals surface area contributed by atoms with Gasteiger partial charge in [0, 0.05) is 17.5 Å². The van der Waals surface area contributed by atoms with Crippen molar-refractivity contribution in [1.29, 1.82) is 0 Å². The van der Waals surface area contributed by atoms with E-state index in [9.17, 15) is 23.1 Å². The van der Waals surface area contributed by atoms with Crippen molar-refractivity contribution in [2.45, 2.75) is 71.1 Å². The lowest BCUT2D eigenvalue weighted by Gasteiger charge is -2.29. The summed E-state index contributed by atoms with van der Waals surface area (Å²) >= 11 is 0. The highest BCUT2D eigenvalue weighted by Gasteiger charge is 2.33. The van der Waals surface area contributed by atoms with Gasteiger partial charge in [-0.2, -0.15) is 13.2 Å². The summed E-state index contributed by atoms with van der Waals surface area (Å²) in [7, 11) is 0. The summed E-state index contributed by atoms with van der Waals surface area (Å²) in [5.74, 6) is 1.44. The van der Waals surface area contributed by atoms with E-state index in [0.29, 0.717) is 40.6 Å². The van der Waals surface area contributed by atoms with Gasteiger partial charge in [-0.05, 0) is 57.4 Å². The number of rotatable bonds is 5. The van der Waals surface area contributed by atoms with Crippen LogP contribution in [0.2, 0.25) is 0 Å². The largest absolute Gasteiger partial charge is 0.440 e. The molecule has 2 aromatic heterocycles. The molecule has 2 heterocycles. The summed E-state index contributed by atoms with van der Waals surface area (Å²) in [5.41, 5.74) is -1.16. The second-order valence-electron chi connectivity index (χ2n) is 10.1. The third-order valence-corrected chi connectivity index (χ3v) is 6.69. The molecule has 10 heteroatoms. The Morgan fingerprint density at radius 2 is 1.80 bits per heavy atom. The summed E-state index contributed by atoms with van der Waals surface area (Å²) in [5, 5.41) is 13.3. The van der Waals surface area contributed by atoms with Crippen LogP contribution in [-0.4, -0.2) is 26.0 Å². The van der Waals surface area contributed by atoms with Gasteiger partial charge in [-0.15, -0.1) is 0 Å². The van der Waals surface area contributed by atoms with E-state index in [2.05, 4.69) is 34.1 Å². The second kappa shape index (κ2) is 9.22. The minimum atomic E-state index is -4.65. The monoisotopic (exact) mass is 490 g/mol. The van der Waals surface area contributed by atoms with Crippen molar-refractivity contribution in [2.24, 2.45) is 11.8 Å². The number of aromatic nitrogens is 3. The fraction of sp³-hybridized carbons (Fsp3) is 0.520. The average molecular weight is 491 g/mol. The smallest absolute Gasteiger partial charge is 0.434 e. The summed E-state index contributed by atoms with van der Waals surface area (Å²) in [6, 6.07) is 3.24. The van der Waals surface area contributed by atoms with Crippen LogP contribution in [0.15, 0.2) is 28.9 Å². The Labute approximate surface area is 201 Å². The molecular weight excluding hydrogens is 461 g/mol. The average Bonchev–Trinajstić information content (AvgIpc) is 3.20. The molecule has 1 aromatic carbocycles. The fourth-order valence-corrected chi connectivity index (χ4v) is 4.59. The van der Waals surface area contributed by atoms with E-state index in [1.165, 1.54) is 0 Å². The van der Waals surface area contributed by atoms with Crippen LogP contribution in [0.4, 0.5) is 18.9 Å². The zero-order chi connectivity index (χ0) is 25.5. The molecule has 188 valence electrons. The number of halogens is 3. The number of hydrogen-bond donors (Lipinski definition) is 2. The molecule has 7 nitrogen and oxygen atoms in total. The lowest BCUT2D eigenvalue weighted by atomic mass is 9.77. The maximum atomic E-state index is 12.7. The normalized spacial score (nSPS) is 19.3. The van der Waals surface area contributed by atoms with Crippen molar-refractivity contribution in [1.82, 2.24) is 15.0 Å². The highest BCUT2D eigenvalue weighted by Crippen LogP contribution is 2.40. The Morgan fingerprint density at radius 3 is 2.34 bits per heavy atom. The standard InChI is InChI=1S/C25H29F3N4O3/c1-13(2)14-5-7-15(8-6-14)23-32-18-9-16(24(3,4)34)17(10-20(18)35-23)31-22(33)19-11-30-21(12-29-19)25(26,27)28/h9-15,34H,5-8H2,1-4H3,(H,31,33). The Kier molecular flexibility index (Phi) is 6.61. The Balaban J connectivity index is 1.61. The Hall–Kier alpha value is -3.01. The predicted octanol–water partition coefficient (Wildman–Crippen LogP) is 6.05. The minimum Gasteiger partial charge on any atom is -0.440 e. The van der Waals surface area contributed by atoms with Gasteiger partial charge >= 0.3 is 6.18 Å². The molecule has 0 atom stereocenters. The van der Waals surface area contributed by atoms with Crippen molar-refractivity contribution in [3.05, 3.63) is 47.4 Å². The van der Waals surface area contributed by atoms with Gasteiger partial charge in [-0.3, -0.25) is 4.79 Å². The number of carbonyl (C=O) groups excluding carboxylic acids is 1. The number of amides is 1. The number of anilines is 1. The molecular formula is C25H29F3N4O3. The summed E-state index contributed by atoms with van der Waals surface area (Å²) < 4.78 is 44.3. The van der Waals surface area contributed by atoms with Crippen LogP contribution in [0.1, 0.15) is 86.9 Å². The number of carbonyl (C=O) groups is 1. The van der Waals surface area contributed by atoms with Crippen LogP contribution in [0.5, 0.6) is 0 Å². The maximum Gasteiger partial charge on any atom is 0.434 e. The molecule has 1 amide bonds. The summed E-state index contributed by atoms with van der Waals surface area (Å²) in [6.07, 6.45) is 0.830. The van der Waals surface area contributed by atoms with Crippen LogP contribution >= 0.6 is 0 Å². The van der Waals surface area contributed by atoms with Crippen molar-refractivity contribution < 1.29 is 27.5 Å². The van der Waals surface area contributed by atoms with Crippen molar-refractivity contribution in [2.75, 3.05) is 5.32 Å². The Bertz CT molecular complexity index is 1210. The van der Waals surface area contributed by atoms with Crippen LogP contribution in [-0.2, 0) is 11.8 Å². The quantitative estimate of drug-likeness (QED) is 0.452. The van der Waals surface area contributed by atoms with E-state index in [-0.39, 0.29) is 17.3 Å². The molecule has 0 aliphatic heterocycles. The van der Waals surface area contributed by atoms with Crippen LogP contribution in [0.25, 0.3) is 11.1 Å². The molecule has 4 rings (SSSR count). The topological polar surface area (TPSA) is 101 Å². The first kappa shape index (κ1) is 25.1. The summed E-state index contributed by atoms with van der Waals surface area (Å²) in [6.45, 7) is 7.62. The third-order valence-electron chi connectivity index (χ3n) is 6.69.